The van der Waals surface area contributed by atoms with Crippen molar-refractivity contribution in [2.45, 2.75) is 32.7 Å². The molecule has 0 bridgehead atoms. The summed E-state index contributed by atoms with van der Waals surface area (Å²) in [6.45, 7) is 4.75. The number of aromatic amines is 1. The van der Waals surface area contributed by atoms with Crippen LogP contribution in [0.4, 0.5) is 10.5 Å². The highest BCUT2D eigenvalue weighted by atomic mass is 16.2. The van der Waals surface area contributed by atoms with Gasteiger partial charge in [0.1, 0.15) is 0 Å². The molecule has 6 heteroatoms. The summed E-state index contributed by atoms with van der Waals surface area (Å²) < 4.78 is 0. The van der Waals surface area contributed by atoms with Crippen molar-refractivity contribution in [2.24, 2.45) is 0 Å². The summed E-state index contributed by atoms with van der Waals surface area (Å²) in [4.78, 5) is 18.4. The van der Waals surface area contributed by atoms with Gasteiger partial charge in [-0.25, -0.2) is 4.79 Å². The minimum atomic E-state index is -0.0782. The van der Waals surface area contributed by atoms with Crippen LogP contribution in [0.15, 0.2) is 24.5 Å². The van der Waals surface area contributed by atoms with Crippen LogP contribution in [0, 0.1) is 13.8 Å². The van der Waals surface area contributed by atoms with Crippen molar-refractivity contribution >= 4 is 11.7 Å². The van der Waals surface area contributed by atoms with Crippen molar-refractivity contribution in [2.75, 3.05) is 11.9 Å². The molecule has 2 N–H and O–H groups in total. The van der Waals surface area contributed by atoms with Crippen molar-refractivity contribution in [1.82, 2.24) is 20.1 Å². The summed E-state index contributed by atoms with van der Waals surface area (Å²) in [5.74, 6) is 0. The largest absolute Gasteiger partial charge is 0.322 e. The monoisotopic (exact) mass is 285 g/mol. The number of H-pyrrole nitrogens is 1. The predicted molar refractivity (Wildman–Crippen MR) is 80.0 cm³/mol. The first-order chi connectivity index (χ1) is 10.2. The van der Waals surface area contributed by atoms with Crippen LogP contribution in [0.1, 0.15) is 35.8 Å². The van der Waals surface area contributed by atoms with Gasteiger partial charge in [0.2, 0.25) is 0 Å². The van der Waals surface area contributed by atoms with Gasteiger partial charge in [0, 0.05) is 24.0 Å². The van der Waals surface area contributed by atoms with Gasteiger partial charge in [0.15, 0.2) is 0 Å². The molecular weight excluding hydrogens is 266 g/mol. The Morgan fingerprint density at radius 3 is 3.00 bits per heavy atom. The highest BCUT2D eigenvalue weighted by Gasteiger charge is 2.33. The van der Waals surface area contributed by atoms with E-state index in [1.165, 1.54) is 0 Å². The lowest BCUT2D eigenvalue weighted by atomic mass is 10.0. The Hall–Kier alpha value is -2.37. The molecule has 0 spiro atoms. The lowest BCUT2D eigenvalue weighted by Crippen LogP contribution is -2.34. The predicted octanol–water partition coefficient (Wildman–Crippen LogP) is 2.79. The quantitative estimate of drug-likeness (QED) is 0.891. The molecule has 21 heavy (non-hydrogen) atoms. The first-order valence-corrected chi connectivity index (χ1v) is 7.16. The maximum Gasteiger partial charge on any atom is 0.322 e. The molecule has 3 rings (SSSR count). The highest BCUT2D eigenvalue weighted by molar-refractivity contribution is 5.89. The molecule has 6 nitrogen and oxygen atoms in total. The Kier molecular flexibility index (Phi) is 3.60. The Balaban J connectivity index is 1.80. The lowest BCUT2D eigenvalue weighted by Gasteiger charge is -2.25. The van der Waals surface area contributed by atoms with Crippen LogP contribution in [0.2, 0.25) is 0 Å². The number of anilines is 1. The Morgan fingerprint density at radius 2 is 2.33 bits per heavy atom. The summed E-state index contributed by atoms with van der Waals surface area (Å²) >= 11 is 0. The topological polar surface area (TPSA) is 73.9 Å². The molecule has 2 amide bonds. The lowest BCUT2D eigenvalue weighted by molar-refractivity contribution is 0.207. The minimum Gasteiger partial charge on any atom is -0.317 e. The van der Waals surface area contributed by atoms with Crippen molar-refractivity contribution in [3.8, 4) is 0 Å². The molecule has 1 atom stereocenters. The van der Waals surface area contributed by atoms with Crippen LogP contribution in [0.3, 0.4) is 0 Å². The third-order valence-corrected chi connectivity index (χ3v) is 3.94. The fraction of sp³-hybridized carbons (Fsp3) is 0.400. The number of carbonyl (C=O) groups excluding carboxylic acids is 1. The normalized spacial score (nSPS) is 18.0. The summed E-state index contributed by atoms with van der Waals surface area (Å²) in [5, 5.41) is 10.2. The van der Waals surface area contributed by atoms with Gasteiger partial charge in [-0.3, -0.25) is 10.1 Å². The van der Waals surface area contributed by atoms with Crippen LogP contribution in [0.5, 0.6) is 0 Å². The van der Waals surface area contributed by atoms with Gasteiger partial charge in [-0.2, -0.15) is 5.10 Å². The molecule has 110 valence electrons. The van der Waals surface area contributed by atoms with E-state index in [2.05, 4.69) is 20.5 Å². The van der Waals surface area contributed by atoms with E-state index in [1.54, 1.807) is 18.5 Å². The van der Waals surface area contributed by atoms with Crippen LogP contribution < -0.4 is 5.32 Å². The van der Waals surface area contributed by atoms with E-state index in [1.807, 2.05) is 24.8 Å². The van der Waals surface area contributed by atoms with Crippen LogP contribution in [-0.4, -0.2) is 32.7 Å². The van der Waals surface area contributed by atoms with Crippen molar-refractivity contribution < 1.29 is 4.79 Å². The average Bonchev–Trinajstić information content (AvgIpc) is 3.07. The Bertz CT molecular complexity index is 617. The zero-order valence-corrected chi connectivity index (χ0v) is 12.3. The van der Waals surface area contributed by atoms with E-state index in [0.717, 1.165) is 36.3 Å². The minimum absolute atomic E-state index is 0.0782. The van der Waals surface area contributed by atoms with E-state index in [0.29, 0.717) is 5.69 Å². The molecule has 0 aromatic carbocycles. The number of aromatic nitrogens is 3. The summed E-state index contributed by atoms with van der Waals surface area (Å²) in [6, 6.07) is 3.66. The van der Waals surface area contributed by atoms with Gasteiger partial charge in [0.25, 0.3) is 0 Å². The molecule has 2 aromatic rings. The third kappa shape index (κ3) is 2.61. The molecule has 0 unspecified atom stereocenters. The maximum absolute atomic E-state index is 12.5. The zero-order valence-electron chi connectivity index (χ0n) is 12.3. The number of amides is 2. The standard InChI is InChI=1S/C15H19N5O/c1-10-14(11(2)19-18-10)13-6-4-8-20(13)15(21)17-12-5-3-7-16-9-12/h3,5,7,9,13H,4,6,8H2,1-2H3,(H,17,21)(H,18,19)/t13-/m0/s1. The number of aryl methyl sites for hydroxylation is 2. The van der Waals surface area contributed by atoms with E-state index in [4.69, 9.17) is 0 Å². The maximum atomic E-state index is 12.5. The Labute approximate surface area is 123 Å². The second-order valence-corrected chi connectivity index (χ2v) is 5.37. The van der Waals surface area contributed by atoms with Gasteiger partial charge >= 0.3 is 6.03 Å². The Morgan fingerprint density at radius 1 is 1.48 bits per heavy atom. The summed E-state index contributed by atoms with van der Waals surface area (Å²) in [5.41, 5.74) is 3.87. The van der Waals surface area contributed by atoms with Gasteiger partial charge < -0.3 is 10.2 Å². The SMILES string of the molecule is Cc1n[nH]c(C)c1[C@@H]1CCCN1C(=O)Nc1cccnc1. The van der Waals surface area contributed by atoms with Gasteiger partial charge in [0.05, 0.1) is 23.6 Å². The second-order valence-electron chi connectivity index (χ2n) is 5.37. The molecular formula is C15H19N5O. The summed E-state index contributed by atoms with van der Waals surface area (Å²) in [6.07, 6.45) is 5.32. The number of hydrogen-bond donors (Lipinski definition) is 2. The highest BCUT2D eigenvalue weighted by Crippen LogP contribution is 2.35. The fourth-order valence-electron chi connectivity index (χ4n) is 2.99. The molecule has 1 aliphatic heterocycles. The van der Waals surface area contributed by atoms with Gasteiger partial charge in [-0.15, -0.1) is 0 Å². The van der Waals surface area contributed by atoms with Crippen LogP contribution in [0.25, 0.3) is 0 Å². The number of urea groups is 1. The zero-order chi connectivity index (χ0) is 14.8. The second kappa shape index (κ2) is 5.55. The number of carbonyl (C=O) groups is 1. The number of hydrogen-bond acceptors (Lipinski definition) is 3. The van der Waals surface area contributed by atoms with Crippen molar-refractivity contribution in [1.29, 1.82) is 0 Å². The fourth-order valence-corrected chi connectivity index (χ4v) is 2.99. The van der Waals surface area contributed by atoms with Crippen LogP contribution >= 0.6 is 0 Å². The number of nitrogens with zero attached hydrogens (tertiary/aromatic N) is 3. The number of likely N-dealkylation sites (tertiary alicyclic amines) is 1. The molecule has 0 radical (unpaired) electrons. The average molecular weight is 285 g/mol. The molecule has 2 aromatic heterocycles. The smallest absolute Gasteiger partial charge is 0.317 e. The van der Waals surface area contributed by atoms with E-state index in [9.17, 15) is 4.79 Å². The first kappa shape index (κ1) is 13.6. The molecule has 0 aliphatic carbocycles. The number of nitrogens with one attached hydrogen (secondary N) is 2. The van der Waals surface area contributed by atoms with Crippen molar-refractivity contribution in [3.63, 3.8) is 0 Å². The molecule has 1 saturated heterocycles. The molecule has 1 aliphatic rings. The molecule has 1 fully saturated rings. The van der Waals surface area contributed by atoms with Gasteiger partial charge in [-0.05, 0) is 38.8 Å². The number of rotatable bonds is 2. The van der Waals surface area contributed by atoms with Crippen molar-refractivity contribution in [3.05, 3.63) is 41.5 Å². The van der Waals surface area contributed by atoms with E-state index in [-0.39, 0.29) is 12.1 Å². The first-order valence-electron chi connectivity index (χ1n) is 7.16. The third-order valence-electron chi connectivity index (χ3n) is 3.94. The summed E-state index contributed by atoms with van der Waals surface area (Å²) in [7, 11) is 0. The van der Waals surface area contributed by atoms with E-state index < -0.39 is 0 Å². The van der Waals surface area contributed by atoms with E-state index >= 15 is 0 Å². The van der Waals surface area contributed by atoms with Crippen LogP contribution in [-0.2, 0) is 0 Å². The number of pyridine rings is 1. The molecule has 3 heterocycles. The molecule has 0 saturated carbocycles. The van der Waals surface area contributed by atoms with Gasteiger partial charge in [-0.1, -0.05) is 0 Å².